The maximum Gasteiger partial charge on any atom is 0.341 e. The molecule has 3 aromatic rings. The standard InChI is InChI=1S/C17H13N3O2S/c1-11-9-13(12-5-3-2-4-6-12)7-8-14(11)16(21)19-17-18-10-15(20-22)23-17/h2-10H,1H3,(H,18,19,21)/p+1. The molecule has 5 nitrogen and oxygen atoms in total. The molecule has 114 valence electrons. The number of hydrogen-bond acceptors (Lipinski definition) is 4. The highest BCUT2D eigenvalue weighted by Crippen LogP contribution is 2.25. The van der Waals surface area contributed by atoms with Crippen molar-refractivity contribution in [3.8, 4) is 11.1 Å². The molecule has 2 aromatic carbocycles. The minimum Gasteiger partial charge on any atom is -0.241 e. The van der Waals surface area contributed by atoms with Crippen LogP contribution >= 0.6 is 11.3 Å². The average Bonchev–Trinajstić information content (AvgIpc) is 3.03. The molecule has 0 spiro atoms. The molecule has 3 rings (SSSR count). The third-order valence-corrected chi connectivity index (χ3v) is 4.25. The molecule has 0 fully saturated rings. The number of anilines is 1. The van der Waals surface area contributed by atoms with Gasteiger partial charge in [-0.3, -0.25) is 0 Å². The zero-order chi connectivity index (χ0) is 16.2. The lowest BCUT2D eigenvalue weighted by Gasteiger charge is -2.06. The first-order chi connectivity index (χ1) is 11.2. The van der Waals surface area contributed by atoms with E-state index in [0.29, 0.717) is 10.7 Å². The van der Waals surface area contributed by atoms with Crippen molar-refractivity contribution in [1.82, 2.24) is 0 Å². The maximum atomic E-state index is 12.3. The summed E-state index contributed by atoms with van der Waals surface area (Å²) in [5.74, 6) is -0.224. The summed E-state index contributed by atoms with van der Waals surface area (Å²) >= 11 is 1.10. The Morgan fingerprint density at radius 2 is 1.91 bits per heavy atom. The molecule has 2 N–H and O–H groups in total. The summed E-state index contributed by atoms with van der Waals surface area (Å²) in [6, 6.07) is 15.7. The van der Waals surface area contributed by atoms with E-state index in [1.165, 1.54) is 6.20 Å². The minimum absolute atomic E-state index is 0.224. The lowest BCUT2D eigenvalue weighted by atomic mass is 9.99. The van der Waals surface area contributed by atoms with E-state index in [2.05, 4.69) is 15.5 Å². The molecule has 0 bridgehead atoms. The van der Waals surface area contributed by atoms with Gasteiger partial charge in [-0.1, -0.05) is 42.5 Å². The van der Waals surface area contributed by atoms with Gasteiger partial charge in [-0.25, -0.2) is 9.78 Å². The average molecular weight is 324 g/mol. The Morgan fingerprint density at radius 1 is 1.13 bits per heavy atom. The number of carbonyl (C=O) groups excluding carboxylic acids is 1. The first-order valence-corrected chi connectivity index (χ1v) is 7.81. The number of aryl methyl sites for hydroxylation is 1. The fourth-order valence-corrected chi connectivity index (χ4v) is 2.92. The highest BCUT2D eigenvalue weighted by atomic mass is 32.1. The normalized spacial score (nSPS) is 10.3. The SMILES string of the molecule is Cc1cc(-c2ccccc2)ccc1C(=O)Nc1[nH+]cc(N=O)s1. The Bertz CT molecular complexity index is 859. The lowest BCUT2D eigenvalue weighted by molar-refractivity contribution is -0.353. The number of nitrogens with one attached hydrogen (secondary N) is 2. The second-order valence-corrected chi connectivity index (χ2v) is 6.03. The van der Waals surface area contributed by atoms with Gasteiger partial charge in [0.05, 0.1) is 5.56 Å². The van der Waals surface area contributed by atoms with Crippen molar-refractivity contribution >= 4 is 27.4 Å². The Labute approximate surface area is 137 Å². The molecule has 0 atom stereocenters. The van der Waals surface area contributed by atoms with Crippen LogP contribution < -0.4 is 10.3 Å². The number of aromatic nitrogens is 1. The van der Waals surface area contributed by atoms with Gasteiger partial charge in [0.25, 0.3) is 0 Å². The molecule has 0 aliphatic rings. The van der Waals surface area contributed by atoms with Gasteiger partial charge in [0.15, 0.2) is 0 Å². The zero-order valence-electron chi connectivity index (χ0n) is 12.4. The van der Waals surface area contributed by atoms with Crippen LogP contribution in [0.2, 0.25) is 0 Å². The summed E-state index contributed by atoms with van der Waals surface area (Å²) < 4.78 is 0. The van der Waals surface area contributed by atoms with E-state index in [1.807, 2.05) is 49.4 Å². The number of nitrogens with zero attached hydrogens (tertiary/aromatic N) is 1. The van der Waals surface area contributed by atoms with Crippen LogP contribution in [0.5, 0.6) is 0 Å². The summed E-state index contributed by atoms with van der Waals surface area (Å²) in [4.78, 5) is 25.6. The van der Waals surface area contributed by atoms with E-state index in [9.17, 15) is 9.70 Å². The second-order valence-electron chi connectivity index (χ2n) is 5.00. The Morgan fingerprint density at radius 3 is 2.57 bits per heavy atom. The maximum absolute atomic E-state index is 12.3. The van der Waals surface area contributed by atoms with Crippen LogP contribution in [-0.4, -0.2) is 5.91 Å². The van der Waals surface area contributed by atoms with E-state index >= 15 is 0 Å². The molecular weight excluding hydrogens is 310 g/mol. The van der Waals surface area contributed by atoms with Gasteiger partial charge >= 0.3 is 11.0 Å². The van der Waals surface area contributed by atoms with Gasteiger partial charge in [-0.2, -0.15) is 5.32 Å². The molecule has 0 aliphatic heterocycles. The third kappa shape index (κ3) is 3.32. The van der Waals surface area contributed by atoms with Crippen LogP contribution in [0.1, 0.15) is 15.9 Å². The third-order valence-electron chi connectivity index (χ3n) is 3.43. The molecule has 0 saturated heterocycles. The Hall–Kier alpha value is -2.86. The molecule has 6 heteroatoms. The number of hydrogen-bond donors (Lipinski definition) is 1. The van der Waals surface area contributed by atoms with Crippen LogP contribution in [0, 0.1) is 11.8 Å². The van der Waals surface area contributed by atoms with Gasteiger partial charge in [0.2, 0.25) is 5.00 Å². The van der Waals surface area contributed by atoms with Crippen molar-refractivity contribution in [3.05, 3.63) is 70.8 Å². The van der Waals surface area contributed by atoms with E-state index < -0.39 is 0 Å². The predicted molar refractivity (Wildman–Crippen MR) is 90.9 cm³/mol. The van der Waals surface area contributed by atoms with Crippen LogP contribution in [0.4, 0.5) is 10.1 Å². The summed E-state index contributed by atoms with van der Waals surface area (Å²) in [6.45, 7) is 1.90. The van der Waals surface area contributed by atoms with E-state index in [1.54, 1.807) is 6.07 Å². The summed E-state index contributed by atoms with van der Waals surface area (Å²) in [5.41, 5.74) is 3.65. The number of rotatable bonds is 4. The van der Waals surface area contributed by atoms with Crippen molar-refractivity contribution in [2.75, 3.05) is 5.32 Å². The number of amides is 1. The van der Waals surface area contributed by atoms with Gasteiger partial charge in [-0.15, -0.1) is 4.91 Å². The Kier molecular flexibility index (Phi) is 4.25. The van der Waals surface area contributed by atoms with E-state index in [4.69, 9.17) is 0 Å². The monoisotopic (exact) mass is 324 g/mol. The van der Waals surface area contributed by atoms with Gasteiger partial charge in [0, 0.05) is 0 Å². The highest BCUT2D eigenvalue weighted by Gasteiger charge is 2.18. The molecule has 1 heterocycles. The van der Waals surface area contributed by atoms with Gasteiger partial charge < -0.3 is 0 Å². The molecule has 1 aromatic heterocycles. The molecule has 23 heavy (non-hydrogen) atoms. The zero-order valence-corrected chi connectivity index (χ0v) is 13.2. The largest absolute Gasteiger partial charge is 0.341 e. The molecular formula is C17H14N3O2S+. The molecule has 0 aliphatic carbocycles. The van der Waals surface area contributed by atoms with Crippen molar-refractivity contribution in [3.63, 3.8) is 0 Å². The quantitative estimate of drug-likeness (QED) is 0.731. The topological polar surface area (TPSA) is 72.7 Å². The van der Waals surface area contributed by atoms with Crippen molar-refractivity contribution in [2.45, 2.75) is 6.92 Å². The number of nitroso groups, excluding NO2 is 1. The fourth-order valence-electron chi connectivity index (χ4n) is 2.30. The van der Waals surface area contributed by atoms with Crippen molar-refractivity contribution in [2.24, 2.45) is 5.18 Å². The number of H-pyrrole nitrogens is 1. The lowest BCUT2D eigenvalue weighted by Crippen LogP contribution is -2.17. The number of thiazole rings is 1. The summed E-state index contributed by atoms with van der Waals surface area (Å²) in [7, 11) is 0. The summed E-state index contributed by atoms with van der Waals surface area (Å²) in [6.07, 6.45) is 1.46. The van der Waals surface area contributed by atoms with Crippen LogP contribution in [0.25, 0.3) is 11.1 Å². The molecule has 0 unspecified atom stereocenters. The first-order valence-electron chi connectivity index (χ1n) is 6.99. The highest BCUT2D eigenvalue weighted by molar-refractivity contribution is 7.18. The van der Waals surface area contributed by atoms with E-state index in [-0.39, 0.29) is 10.9 Å². The van der Waals surface area contributed by atoms with Crippen LogP contribution in [0.3, 0.4) is 0 Å². The fraction of sp³-hybridized carbons (Fsp3) is 0.0588. The van der Waals surface area contributed by atoms with Gasteiger partial charge in [-0.05, 0) is 46.2 Å². The molecule has 0 radical (unpaired) electrons. The van der Waals surface area contributed by atoms with E-state index in [0.717, 1.165) is 28.0 Å². The minimum atomic E-state index is -0.224. The van der Waals surface area contributed by atoms with Crippen molar-refractivity contribution < 1.29 is 9.78 Å². The number of benzene rings is 2. The first kappa shape index (κ1) is 15.1. The number of carbonyl (C=O) groups is 1. The smallest absolute Gasteiger partial charge is 0.241 e. The molecule has 0 saturated carbocycles. The van der Waals surface area contributed by atoms with Crippen LogP contribution in [-0.2, 0) is 0 Å². The number of aromatic amines is 1. The van der Waals surface area contributed by atoms with Gasteiger partial charge in [0.1, 0.15) is 6.20 Å². The van der Waals surface area contributed by atoms with Crippen LogP contribution in [0.15, 0.2) is 59.9 Å². The van der Waals surface area contributed by atoms with Crippen molar-refractivity contribution in [1.29, 1.82) is 0 Å². The second kappa shape index (κ2) is 6.50. The summed E-state index contributed by atoms with van der Waals surface area (Å²) in [5, 5.41) is 6.33. The Balaban J connectivity index is 1.82. The predicted octanol–water partition coefficient (Wildman–Crippen LogP) is 4.19. The molecule has 1 amide bonds.